The van der Waals surface area contributed by atoms with Crippen LogP contribution >= 0.6 is 22.9 Å². The van der Waals surface area contributed by atoms with Gasteiger partial charge in [0.15, 0.2) is 10.8 Å². The van der Waals surface area contributed by atoms with Crippen LogP contribution in [0.1, 0.15) is 42.6 Å². The first-order valence-electron chi connectivity index (χ1n) is 9.86. The second-order valence-electron chi connectivity index (χ2n) is 7.37. The molecule has 8 heteroatoms. The van der Waals surface area contributed by atoms with Crippen LogP contribution in [0.5, 0.6) is 0 Å². The molecule has 0 bridgehead atoms. The fourth-order valence-corrected chi connectivity index (χ4v) is 5.44. The van der Waals surface area contributed by atoms with Crippen molar-refractivity contribution in [1.29, 1.82) is 0 Å². The Morgan fingerprint density at radius 3 is 2.83 bits per heavy atom. The summed E-state index contributed by atoms with van der Waals surface area (Å²) in [7, 11) is 1.87. The van der Waals surface area contributed by atoms with E-state index < -0.39 is 0 Å². The molecule has 29 heavy (non-hydrogen) atoms. The van der Waals surface area contributed by atoms with Gasteiger partial charge < -0.3 is 10.6 Å². The van der Waals surface area contributed by atoms with E-state index in [1.54, 1.807) is 11.3 Å². The smallest absolute Gasteiger partial charge is 0.271 e. The standard InChI is InChI=1S/C21H21N5OS2/c1-22-21-25-16-8-7-12(10-17(16)28-21)13-9-15-18(26-29-20(15)23-11-13)19(27)24-14-5-3-2-4-6-14/h7-11,14H,2-6H2,1H3,(H,22,25)(H,24,27). The monoisotopic (exact) mass is 423 g/mol. The first-order valence-corrected chi connectivity index (χ1v) is 11.5. The normalized spacial score (nSPS) is 15.1. The lowest BCUT2D eigenvalue weighted by atomic mass is 9.95. The summed E-state index contributed by atoms with van der Waals surface area (Å²) < 4.78 is 5.53. The Labute approximate surface area is 176 Å². The van der Waals surface area contributed by atoms with E-state index in [1.807, 2.05) is 31.4 Å². The summed E-state index contributed by atoms with van der Waals surface area (Å²) in [5.74, 6) is -0.0846. The van der Waals surface area contributed by atoms with Gasteiger partial charge in [0.1, 0.15) is 4.83 Å². The van der Waals surface area contributed by atoms with Crippen molar-refractivity contribution in [3.8, 4) is 11.1 Å². The molecule has 1 aliphatic carbocycles. The third-order valence-electron chi connectivity index (χ3n) is 5.42. The third-order valence-corrected chi connectivity index (χ3v) is 7.23. The minimum atomic E-state index is -0.0846. The number of amides is 1. The maximum Gasteiger partial charge on any atom is 0.271 e. The number of aromatic nitrogens is 3. The van der Waals surface area contributed by atoms with Crippen molar-refractivity contribution in [2.24, 2.45) is 0 Å². The van der Waals surface area contributed by atoms with Gasteiger partial charge in [0.2, 0.25) is 0 Å². The van der Waals surface area contributed by atoms with Gasteiger partial charge >= 0.3 is 0 Å². The Kier molecular flexibility index (Phi) is 4.89. The third kappa shape index (κ3) is 3.58. The van der Waals surface area contributed by atoms with Crippen LogP contribution in [0, 0.1) is 0 Å². The number of carbonyl (C=O) groups excluding carboxylic acids is 1. The van der Waals surface area contributed by atoms with Gasteiger partial charge in [0, 0.05) is 30.2 Å². The van der Waals surface area contributed by atoms with E-state index in [0.717, 1.165) is 49.5 Å². The lowest BCUT2D eigenvalue weighted by Crippen LogP contribution is -2.36. The lowest BCUT2D eigenvalue weighted by Gasteiger charge is -2.22. The zero-order chi connectivity index (χ0) is 19.8. The molecule has 0 radical (unpaired) electrons. The molecule has 3 aromatic heterocycles. The van der Waals surface area contributed by atoms with E-state index in [-0.39, 0.29) is 11.9 Å². The number of fused-ring (bicyclic) bond motifs is 2. The van der Waals surface area contributed by atoms with Gasteiger partial charge in [-0.15, -0.1) is 0 Å². The maximum absolute atomic E-state index is 12.8. The molecule has 4 aromatic rings. The number of benzene rings is 1. The highest BCUT2D eigenvalue weighted by Crippen LogP contribution is 2.32. The van der Waals surface area contributed by atoms with Gasteiger partial charge in [-0.2, -0.15) is 4.37 Å². The Bertz CT molecular complexity index is 1190. The molecule has 148 valence electrons. The molecule has 0 atom stereocenters. The van der Waals surface area contributed by atoms with E-state index in [4.69, 9.17) is 0 Å². The van der Waals surface area contributed by atoms with E-state index in [9.17, 15) is 4.79 Å². The molecule has 1 saturated carbocycles. The Morgan fingerprint density at radius 1 is 1.14 bits per heavy atom. The maximum atomic E-state index is 12.8. The van der Waals surface area contributed by atoms with Gasteiger partial charge in [-0.1, -0.05) is 36.7 Å². The number of thiazole rings is 1. The van der Waals surface area contributed by atoms with E-state index >= 15 is 0 Å². The van der Waals surface area contributed by atoms with Gasteiger partial charge in [0.05, 0.1) is 10.2 Å². The molecule has 6 nitrogen and oxygen atoms in total. The summed E-state index contributed by atoms with van der Waals surface area (Å²) in [5, 5.41) is 7.98. The predicted molar refractivity (Wildman–Crippen MR) is 120 cm³/mol. The molecule has 0 spiro atoms. The van der Waals surface area contributed by atoms with Crippen molar-refractivity contribution >= 4 is 54.3 Å². The van der Waals surface area contributed by atoms with Gasteiger partial charge in [-0.3, -0.25) is 4.79 Å². The summed E-state index contributed by atoms with van der Waals surface area (Å²) in [6, 6.07) is 8.49. The average Bonchev–Trinajstić information content (AvgIpc) is 3.37. The van der Waals surface area contributed by atoms with Crippen molar-refractivity contribution < 1.29 is 4.79 Å². The van der Waals surface area contributed by atoms with Crippen molar-refractivity contribution in [2.45, 2.75) is 38.1 Å². The highest BCUT2D eigenvalue weighted by molar-refractivity contribution is 7.22. The Balaban J connectivity index is 1.48. The summed E-state index contributed by atoms with van der Waals surface area (Å²) >= 11 is 2.90. The number of rotatable bonds is 4. The van der Waals surface area contributed by atoms with Crippen molar-refractivity contribution in [1.82, 2.24) is 19.7 Å². The number of hydrogen-bond donors (Lipinski definition) is 2. The first kappa shape index (κ1) is 18.4. The molecule has 3 heterocycles. The molecule has 1 aromatic carbocycles. The summed E-state index contributed by atoms with van der Waals surface area (Å²) in [6.45, 7) is 0. The number of anilines is 1. The Hall–Kier alpha value is -2.58. The SMILES string of the molecule is CNc1nc2ccc(-c3cnc4snc(C(=O)NC5CCCCC5)c4c3)cc2s1. The summed E-state index contributed by atoms with van der Waals surface area (Å²) in [5.41, 5.74) is 3.50. The number of hydrogen-bond acceptors (Lipinski definition) is 7. The van der Waals surface area contributed by atoms with Crippen LogP contribution < -0.4 is 10.6 Å². The molecule has 1 fully saturated rings. The molecular formula is C21H21N5OS2. The first-order chi connectivity index (χ1) is 14.2. The molecule has 0 saturated heterocycles. The van der Waals surface area contributed by atoms with Crippen LogP contribution in [0.4, 0.5) is 5.13 Å². The molecule has 0 aliphatic heterocycles. The van der Waals surface area contributed by atoms with Crippen LogP contribution in [-0.2, 0) is 0 Å². The predicted octanol–water partition coefficient (Wildman–Crippen LogP) is 5.07. The van der Waals surface area contributed by atoms with Crippen LogP contribution in [-0.4, -0.2) is 33.3 Å². The second kappa shape index (κ2) is 7.68. The zero-order valence-corrected chi connectivity index (χ0v) is 17.7. The fraction of sp³-hybridized carbons (Fsp3) is 0.333. The van der Waals surface area contributed by atoms with E-state index in [0.29, 0.717) is 5.69 Å². The number of nitrogens with one attached hydrogen (secondary N) is 2. The molecule has 2 N–H and O–H groups in total. The highest BCUT2D eigenvalue weighted by Gasteiger charge is 2.21. The van der Waals surface area contributed by atoms with Gasteiger partial charge in [-0.25, -0.2) is 9.97 Å². The van der Waals surface area contributed by atoms with Crippen molar-refractivity contribution in [3.63, 3.8) is 0 Å². The van der Waals surface area contributed by atoms with Gasteiger partial charge in [-0.05, 0) is 48.1 Å². The molecular weight excluding hydrogens is 402 g/mol. The quantitative estimate of drug-likeness (QED) is 0.479. The minimum absolute atomic E-state index is 0.0846. The summed E-state index contributed by atoms with van der Waals surface area (Å²) in [4.78, 5) is 22.7. The Morgan fingerprint density at radius 2 is 2.00 bits per heavy atom. The van der Waals surface area contributed by atoms with Gasteiger partial charge in [0.25, 0.3) is 5.91 Å². The molecule has 1 amide bonds. The van der Waals surface area contributed by atoms with Crippen molar-refractivity contribution in [3.05, 3.63) is 36.2 Å². The molecule has 5 rings (SSSR count). The van der Waals surface area contributed by atoms with Crippen LogP contribution in [0.25, 0.3) is 31.6 Å². The van der Waals surface area contributed by atoms with Crippen molar-refractivity contribution in [2.75, 3.05) is 12.4 Å². The van der Waals surface area contributed by atoms with Crippen LogP contribution in [0.2, 0.25) is 0 Å². The van der Waals surface area contributed by atoms with Crippen LogP contribution in [0.3, 0.4) is 0 Å². The molecule has 1 aliphatic rings. The number of nitrogens with zero attached hydrogens (tertiary/aromatic N) is 3. The number of carbonyl (C=O) groups is 1. The average molecular weight is 424 g/mol. The molecule has 0 unspecified atom stereocenters. The lowest BCUT2D eigenvalue weighted by molar-refractivity contribution is 0.0925. The highest BCUT2D eigenvalue weighted by atomic mass is 32.1. The zero-order valence-electron chi connectivity index (χ0n) is 16.1. The van der Waals surface area contributed by atoms with E-state index in [1.165, 1.54) is 30.8 Å². The van der Waals surface area contributed by atoms with Crippen LogP contribution in [0.15, 0.2) is 30.5 Å². The largest absolute Gasteiger partial charge is 0.365 e. The minimum Gasteiger partial charge on any atom is -0.365 e. The summed E-state index contributed by atoms with van der Waals surface area (Å²) in [6.07, 6.45) is 7.60. The second-order valence-corrected chi connectivity index (χ2v) is 9.15. The fourth-order valence-electron chi connectivity index (χ4n) is 3.87. The topological polar surface area (TPSA) is 79.8 Å². The van der Waals surface area contributed by atoms with E-state index in [2.05, 4.69) is 31.0 Å². The number of pyridine rings is 1.